The number of esters is 1. The summed E-state index contributed by atoms with van der Waals surface area (Å²) in [6.45, 7) is 5.76. The molecule has 0 bridgehead atoms. The van der Waals surface area contributed by atoms with Crippen molar-refractivity contribution in [2.24, 2.45) is 11.7 Å². The molecule has 1 fully saturated rings. The third kappa shape index (κ3) is 8.28. The van der Waals surface area contributed by atoms with Gasteiger partial charge in [-0.15, -0.1) is 0 Å². The van der Waals surface area contributed by atoms with Gasteiger partial charge in [0.15, 0.2) is 0 Å². The van der Waals surface area contributed by atoms with Gasteiger partial charge in [0.1, 0.15) is 0 Å². The highest BCUT2D eigenvalue weighted by atomic mass is 16.5. The van der Waals surface area contributed by atoms with Crippen molar-refractivity contribution in [3.05, 3.63) is 59.2 Å². The van der Waals surface area contributed by atoms with Gasteiger partial charge in [0, 0.05) is 38.9 Å². The summed E-state index contributed by atoms with van der Waals surface area (Å²) in [7, 11) is 2.88. The molecular weight excluding hydrogens is 442 g/mol. The molecule has 1 saturated heterocycles. The van der Waals surface area contributed by atoms with Crippen molar-refractivity contribution < 1.29 is 14.6 Å². The van der Waals surface area contributed by atoms with E-state index in [1.54, 1.807) is 0 Å². The predicted octanol–water partition coefficient (Wildman–Crippen LogP) is 3.22. The van der Waals surface area contributed by atoms with Gasteiger partial charge in [-0.2, -0.15) is 0 Å². The summed E-state index contributed by atoms with van der Waals surface area (Å²) in [5.41, 5.74) is 8.60. The molecule has 0 aliphatic carbocycles. The molecule has 0 saturated carbocycles. The van der Waals surface area contributed by atoms with Crippen molar-refractivity contribution in [3.8, 4) is 11.1 Å². The molecule has 8 nitrogen and oxygen atoms in total. The topological polar surface area (TPSA) is 127 Å². The number of nitrogens with zero attached hydrogens (tertiary/aromatic N) is 2. The summed E-state index contributed by atoms with van der Waals surface area (Å²) in [6.07, 6.45) is 3.37. The Morgan fingerprint density at radius 1 is 1.20 bits per heavy atom. The van der Waals surface area contributed by atoms with Crippen molar-refractivity contribution in [1.82, 2.24) is 9.80 Å². The lowest BCUT2D eigenvalue weighted by molar-refractivity contribution is 0.0600. The van der Waals surface area contributed by atoms with Crippen LogP contribution < -0.4 is 5.73 Å². The van der Waals surface area contributed by atoms with Gasteiger partial charge in [-0.25, -0.2) is 4.79 Å². The van der Waals surface area contributed by atoms with Gasteiger partial charge in [0.25, 0.3) is 0 Å². The molecule has 5 N–H and O–H groups in total. The van der Waals surface area contributed by atoms with Crippen molar-refractivity contribution in [2.75, 3.05) is 46.9 Å². The highest BCUT2D eigenvalue weighted by Crippen LogP contribution is 2.26. The van der Waals surface area contributed by atoms with E-state index in [2.05, 4.69) is 21.6 Å². The number of aliphatic hydroxyl groups is 1. The second-order valence-electron chi connectivity index (χ2n) is 8.65. The zero-order valence-electron chi connectivity index (χ0n) is 21.1. The molecule has 190 valence electrons. The predicted molar refractivity (Wildman–Crippen MR) is 141 cm³/mol. The molecule has 0 amide bonds. The first-order valence-corrected chi connectivity index (χ1v) is 12.0. The van der Waals surface area contributed by atoms with Crippen molar-refractivity contribution in [2.45, 2.75) is 26.3 Å². The lowest BCUT2D eigenvalue weighted by Crippen LogP contribution is -2.41. The second kappa shape index (κ2) is 14.4. The maximum Gasteiger partial charge on any atom is 0.337 e. The number of carbonyl (C=O) groups is 1. The maximum absolute atomic E-state index is 12.4. The Bertz CT molecular complexity index is 987. The van der Waals surface area contributed by atoms with E-state index in [9.17, 15) is 9.90 Å². The Morgan fingerprint density at radius 2 is 1.91 bits per heavy atom. The van der Waals surface area contributed by atoms with Gasteiger partial charge in [-0.1, -0.05) is 18.2 Å². The number of amidine groups is 1. The highest BCUT2D eigenvalue weighted by Gasteiger charge is 2.22. The van der Waals surface area contributed by atoms with Crippen molar-refractivity contribution >= 4 is 18.0 Å². The molecule has 1 heterocycles. The van der Waals surface area contributed by atoms with Crippen LogP contribution in [0.4, 0.5) is 0 Å². The molecule has 2 aromatic rings. The first kappa shape index (κ1) is 28.2. The highest BCUT2D eigenvalue weighted by molar-refractivity contribution is 5.91. The average molecular weight is 482 g/mol. The van der Waals surface area contributed by atoms with Gasteiger partial charge in [0.2, 0.25) is 0 Å². The van der Waals surface area contributed by atoms with E-state index in [0.29, 0.717) is 30.4 Å². The molecule has 1 aliphatic rings. The van der Waals surface area contributed by atoms with Gasteiger partial charge in [0.05, 0.1) is 25.1 Å². The van der Waals surface area contributed by atoms with E-state index < -0.39 is 0 Å². The average Bonchev–Trinajstić information content (AvgIpc) is 2.89. The summed E-state index contributed by atoms with van der Waals surface area (Å²) in [6, 6.07) is 13.4. The van der Waals surface area contributed by atoms with E-state index in [-0.39, 0.29) is 12.6 Å². The fourth-order valence-electron chi connectivity index (χ4n) is 4.44. The van der Waals surface area contributed by atoms with Crippen LogP contribution in [-0.2, 0) is 11.3 Å². The summed E-state index contributed by atoms with van der Waals surface area (Å²) in [5, 5.41) is 25.0. The number of rotatable bonds is 9. The van der Waals surface area contributed by atoms with Crippen LogP contribution in [-0.4, -0.2) is 79.9 Å². The second-order valence-corrected chi connectivity index (χ2v) is 8.65. The first-order valence-electron chi connectivity index (χ1n) is 12.0. The molecule has 0 atom stereocenters. The lowest BCUT2D eigenvalue weighted by atomic mass is 9.95. The molecule has 8 heteroatoms. The molecule has 0 aromatic heterocycles. The van der Waals surface area contributed by atoms with E-state index in [4.69, 9.17) is 15.6 Å². The zero-order valence-corrected chi connectivity index (χ0v) is 21.1. The van der Waals surface area contributed by atoms with Crippen LogP contribution in [0.25, 0.3) is 11.1 Å². The molecule has 3 rings (SSSR count). The first-order chi connectivity index (χ1) is 16.9. The Kier molecular flexibility index (Phi) is 11.6. The van der Waals surface area contributed by atoms with E-state index >= 15 is 0 Å². The minimum atomic E-state index is -0.385. The quantitative estimate of drug-likeness (QED) is 0.247. The largest absolute Gasteiger partial charge is 0.465 e. The number of hydrogen-bond donors (Lipinski definition) is 4. The third-order valence-electron chi connectivity index (χ3n) is 6.23. The van der Waals surface area contributed by atoms with E-state index in [1.165, 1.54) is 20.4 Å². The van der Waals surface area contributed by atoms with Gasteiger partial charge >= 0.3 is 5.97 Å². The fraction of sp³-hybridized carbons (Fsp3) is 0.444. The number of hydrogen-bond acceptors (Lipinski definition) is 7. The van der Waals surface area contributed by atoms with Gasteiger partial charge in [-0.3, -0.25) is 10.3 Å². The zero-order chi connectivity index (χ0) is 25.8. The number of likely N-dealkylation sites (tertiary alicyclic amines) is 1. The Labute approximate surface area is 208 Å². The summed E-state index contributed by atoms with van der Waals surface area (Å²) >= 11 is 0. The Morgan fingerprint density at radius 3 is 2.51 bits per heavy atom. The van der Waals surface area contributed by atoms with Crippen LogP contribution in [0, 0.1) is 16.7 Å². The Hall–Kier alpha value is -3.07. The third-order valence-corrected chi connectivity index (χ3v) is 6.23. The smallest absolute Gasteiger partial charge is 0.337 e. The van der Waals surface area contributed by atoms with Gasteiger partial charge < -0.3 is 25.9 Å². The molecule has 0 spiro atoms. The van der Waals surface area contributed by atoms with Crippen molar-refractivity contribution in [1.29, 1.82) is 10.8 Å². The maximum atomic E-state index is 12.4. The summed E-state index contributed by atoms with van der Waals surface area (Å²) in [4.78, 5) is 16.7. The number of nitrogens with two attached hydrogens (primary N) is 1. The normalized spacial score (nSPS) is 13.7. The summed E-state index contributed by atoms with van der Waals surface area (Å²) < 4.78 is 4.98. The number of nitrogens with one attached hydrogen (secondary N) is 2. The lowest BCUT2D eigenvalue weighted by Gasteiger charge is -2.35. The van der Waals surface area contributed by atoms with Crippen LogP contribution in [0.1, 0.15) is 41.3 Å². The number of carbonyl (C=O) groups excluding carboxylic acids is 1. The fourth-order valence-corrected chi connectivity index (χ4v) is 4.44. The summed E-state index contributed by atoms with van der Waals surface area (Å²) in [5.74, 6) is 0.754. The number of methoxy groups -OCH3 is 1. The molecule has 0 unspecified atom stereocenters. The minimum absolute atomic E-state index is 0.0728. The van der Waals surface area contributed by atoms with Crippen LogP contribution in [0.2, 0.25) is 0 Å². The molecular formula is C27H39N5O3. The van der Waals surface area contributed by atoms with Gasteiger partial charge in [-0.05, 0) is 79.3 Å². The van der Waals surface area contributed by atoms with E-state index in [1.807, 2.05) is 43.3 Å². The monoisotopic (exact) mass is 481 g/mol. The minimum Gasteiger partial charge on any atom is -0.465 e. The molecule has 35 heavy (non-hydrogen) atoms. The standard InChI is InChI=1S/C26H34N4O3.CH5N/c1-19(28)30-8-6-20(7-9-30)17-29(10-11-31)18-22-13-24(15-25(14-22)26(32)33-2)23-5-3-4-21(12-23)16-27;1-2/h3-5,12-16,20,27-28,31H,6-11,17-18H2,1-2H3;2H2,1H3. The van der Waals surface area contributed by atoms with E-state index in [0.717, 1.165) is 54.7 Å². The molecule has 2 aromatic carbocycles. The van der Waals surface area contributed by atoms with Crippen LogP contribution in [0.15, 0.2) is 42.5 Å². The molecule has 0 radical (unpaired) electrons. The van der Waals surface area contributed by atoms with Crippen LogP contribution >= 0.6 is 0 Å². The Balaban J connectivity index is 0.00000210. The number of piperidine rings is 1. The number of ether oxygens (including phenoxy) is 1. The SMILES string of the molecule is CN.COC(=O)c1cc(CN(CCO)CC2CCN(C(C)=N)CC2)cc(-c2cccc(C=N)c2)c1. The number of aliphatic hydroxyl groups excluding tert-OH is 1. The van der Waals surface area contributed by atoms with Crippen LogP contribution in [0.5, 0.6) is 0 Å². The van der Waals surface area contributed by atoms with Crippen LogP contribution in [0.3, 0.4) is 0 Å². The molecule has 1 aliphatic heterocycles. The number of benzene rings is 2. The van der Waals surface area contributed by atoms with Crippen molar-refractivity contribution in [3.63, 3.8) is 0 Å².